The molecule has 0 saturated carbocycles. The second-order valence-electron chi connectivity index (χ2n) is 5.79. The fourth-order valence-electron chi connectivity index (χ4n) is 2.72. The normalized spacial score (nSPS) is 10.0. The molecule has 0 aliphatic rings. The van der Waals surface area contributed by atoms with E-state index >= 15 is 0 Å². The van der Waals surface area contributed by atoms with Gasteiger partial charge in [-0.3, -0.25) is 9.59 Å². The number of rotatable bonds is 4. The molecule has 4 heteroatoms. The van der Waals surface area contributed by atoms with Crippen LogP contribution in [0.4, 0.5) is 5.69 Å². The summed E-state index contributed by atoms with van der Waals surface area (Å²) in [5.74, 6) is -0.301. The highest BCUT2D eigenvalue weighted by atomic mass is 16.1. The maximum absolute atomic E-state index is 12.8. The van der Waals surface area contributed by atoms with Crippen molar-refractivity contribution in [2.75, 3.05) is 5.32 Å². The average molecular weight is 340 g/mol. The zero-order chi connectivity index (χ0) is 18.5. The first kappa shape index (κ1) is 17.1. The zero-order valence-electron chi connectivity index (χ0n) is 14.2. The Balaban J connectivity index is 1.94. The second-order valence-corrected chi connectivity index (χ2v) is 5.79. The molecule has 1 amide bonds. The Morgan fingerprint density at radius 1 is 0.846 bits per heavy atom. The summed E-state index contributed by atoms with van der Waals surface area (Å²) in [6, 6.07) is 23.3. The molecule has 26 heavy (non-hydrogen) atoms. The number of amides is 1. The fourth-order valence-corrected chi connectivity index (χ4v) is 2.72. The Kier molecular flexibility index (Phi) is 4.91. The van der Waals surface area contributed by atoms with E-state index in [1.165, 1.54) is 6.92 Å². The number of carbonyl (C=O) groups is 2. The van der Waals surface area contributed by atoms with Gasteiger partial charge in [-0.2, -0.15) is 5.26 Å². The quantitative estimate of drug-likeness (QED) is 0.701. The number of Topliss-reactive ketones (excluding diaryl/α,β-unsaturated/α-hetero) is 1. The molecule has 1 N–H and O–H groups in total. The Bertz CT molecular complexity index is 1010. The third-order valence-electron chi connectivity index (χ3n) is 4.06. The van der Waals surface area contributed by atoms with E-state index in [1.54, 1.807) is 48.5 Å². The van der Waals surface area contributed by atoms with E-state index in [4.69, 9.17) is 0 Å². The maximum Gasteiger partial charge on any atom is 0.256 e. The Morgan fingerprint density at radius 2 is 1.46 bits per heavy atom. The lowest BCUT2D eigenvalue weighted by Gasteiger charge is -2.11. The van der Waals surface area contributed by atoms with Gasteiger partial charge in [0.2, 0.25) is 0 Å². The molecule has 0 atom stereocenters. The van der Waals surface area contributed by atoms with Gasteiger partial charge in [-0.15, -0.1) is 0 Å². The van der Waals surface area contributed by atoms with Crippen LogP contribution in [0.2, 0.25) is 0 Å². The first-order valence-electron chi connectivity index (χ1n) is 8.11. The Hall–Kier alpha value is -3.71. The summed E-state index contributed by atoms with van der Waals surface area (Å²) in [6.45, 7) is 1.50. The minimum absolute atomic E-state index is 0.0265. The summed E-state index contributed by atoms with van der Waals surface area (Å²) in [5, 5.41) is 12.2. The summed E-state index contributed by atoms with van der Waals surface area (Å²) < 4.78 is 0. The first-order valence-corrected chi connectivity index (χ1v) is 8.11. The third-order valence-corrected chi connectivity index (χ3v) is 4.06. The van der Waals surface area contributed by atoms with Crippen molar-refractivity contribution in [1.82, 2.24) is 0 Å². The van der Waals surface area contributed by atoms with Crippen LogP contribution in [-0.4, -0.2) is 11.7 Å². The van der Waals surface area contributed by atoms with Gasteiger partial charge in [0.05, 0.1) is 11.6 Å². The standard InChI is InChI=1S/C22H16N2O2/c1-15(25)16-10-12-18(13-11-16)24-22(26)21-9-5-4-8-20(21)19-7-3-2-6-17(19)14-23/h2-13H,1H3,(H,24,26). The van der Waals surface area contributed by atoms with Crippen molar-refractivity contribution in [2.45, 2.75) is 6.92 Å². The van der Waals surface area contributed by atoms with Gasteiger partial charge in [-0.05, 0) is 48.9 Å². The highest BCUT2D eigenvalue weighted by Gasteiger charge is 2.15. The number of carbonyl (C=O) groups excluding carboxylic acids is 2. The molecule has 0 saturated heterocycles. The minimum atomic E-state index is -0.274. The predicted octanol–water partition coefficient (Wildman–Crippen LogP) is 4.68. The van der Waals surface area contributed by atoms with Crippen LogP contribution >= 0.6 is 0 Å². The molecule has 0 aliphatic carbocycles. The van der Waals surface area contributed by atoms with E-state index in [1.807, 2.05) is 24.3 Å². The summed E-state index contributed by atoms with van der Waals surface area (Å²) >= 11 is 0. The van der Waals surface area contributed by atoms with Gasteiger partial charge in [0, 0.05) is 22.4 Å². The Morgan fingerprint density at radius 3 is 2.12 bits per heavy atom. The van der Waals surface area contributed by atoms with E-state index < -0.39 is 0 Å². The fraction of sp³-hybridized carbons (Fsp3) is 0.0455. The van der Waals surface area contributed by atoms with Crippen molar-refractivity contribution in [3.05, 3.63) is 89.5 Å². The van der Waals surface area contributed by atoms with E-state index in [-0.39, 0.29) is 11.7 Å². The molecule has 0 aliphatic heterocycles. The highest BCUT2D eigenvalue weighted by molar-refractivity contribution is 6.09. The van der Waals surface area contributed by atoms with Crippen LogP contribution in [0.15, 0.2) is 72.8 Å². The first-order chi connectivity index (χ1) is 12.6. The van der Waals surface area contributed by atoms with Gasteiger partial charge in [0.1, 0.15) is 0 Å². The summed E-state index contributed by atoms with van der Waals surface area (Å²) in [6.07, 6.45) is 0. The highest BCUT2D eigenvalue weighted by Crippen LogP contribution is 2.27. The van der Waals surface area contributed by atoms with Crippen molar-refractivity contribution >= 4 is 17.4 Å². The molecule has 0 radical (unpaired) electrons. The molecule has 4 nitrogen and oxygen atoms in total. The molecule has 0 fully saturated rings. The topological polar surface area (TPSA) is 70.0 Å². The largest absolute Gasteiger partial charge is 0.322 e. The SMILES string of the molecule is CC(=O)c1ccc(NC(=O)c2ccccc2-c2ccccc2C#N)cc1. The maximum atomic E-state index is 12.8. The van der Waals surface area contributed by atoms with Gasteiger partial charge < -0.3 is 5.32 Å². The molecule has 0 unspecified atom stereocenters. The zero-order valence-corrected chi connectivity index (χ0v) is 14.2. The van der Waals surface area contributed by atoms with Crippen molar-refractivity contribution in [3.8, 4) is 17.2 Å². The van der Waals surface area contributed by atoms with Crippen molar-refractivity contribution in [2.24, 2.45) is 0 Å². The predicted molar refractivity (Wildman–Crippen MR) is 101 cm³/mol. The molecule has 0 aromatic heterocycles. The van der Waals surface area contributed by atoms with Gasteiger partial charge in [-0.1, -0.05) is 36.4 Å². The van der Waals surface area contributed by atoms with Crippen LogP contribution in [-0.2, 0) is 0 Å². The lowest BCUT2D eigenvalue weighted by molar-refractivity contribution is 0.101. The smallest absolute Gasteiger partial charge is 0.256 e. The van der Waals surface area contributed by atoms with Gasteiger partial charge in [-0.25, -0.2) is 0 Å². The molecule has 3 rings (SSSR count). The van der Waals surface area contributed by atoms with Crippen molar-refractivity contribution in [1.29, 1.82) is 5.26 Å². The van der Waals surface area contributed by atoms with Gasteiger partial charge in [0.25, 0.3) is 5.91 Å². The van der Waals surface area contributed by atoms with Crippen LogP contribution in [0.3, 0.4) is 0 Å². The average Bonchev–Trinajstić information content (AvgIpc) is 2.68. The number of anilines is 1. The van der Waals surface area contributed by atoms with Crippen molar-refractivity contribution in [3.63, 3.8) is 0 Å². The number of hydrogen-bond donors (Lipinski definition) is 1. The van der Waals surface area contributed by atoms with Crippen LogP contribution in [0.1, 0.15) is 33.2 Å². The number of nitrogens with zero attached hydrogens (tertiary/aromatic N) is 1. The molecular weight excluding hydrogens is 324 g/mol. The van der Waals surface area contributed by atoms with E-state index in [9.17, 15) is 14.9 Å². The number of nitriles is 1. The van der Waals surface area contributed by atoms with Gasteiger partial charge >= 0.3 is 0 Å². The van der Waals surface area contributed by atoms with Crippen molar-refractivity contribution < 1.29 is 9.59 Å². The summed E-state index contributed by atoms with van der Waals surface area (Å²) in [4.78, 5) is 24.1. The lowest BCUT2D eigenvalue weighted by atomic mass is 9.95. The monoisotopic (exact) mass is 340 g/mol. The van der Waals surface area contributed by atoms with E-state index in [0.717, 1.165) is 0 Å². The van der Waals surface area contributed by atoms with Crippen LogP contribution < -0.4 is 5.32 Å². The lowest BCUT2D eigenvalue weighted by Crippen LogP contribution is -2.13. The molecule has 3 aromatic rings. The molecule has 3 aromatic carbocycles. The van der Waals surface area contributed by atoms with Gasteiger partial charge in [0.15, 0.2) is 5.78 Å². The molecule has 0 bridgehead atoms. The molecular formula is C22H16N2O2. The third kappa shape index (κ3) is 3.52. The summed E-state index contributed by atoms with van der Waals surface area (Å²) in [7, 11) is 0. The summed E-state index contributed by atoms with van der Waals surface area (Å²) in [5.41, 5.74) is 3.59. The van der Waals surface area contributed by atoms with E-state index in [0.29, 0.717) is 33.5 Å². The number of hydrogen-bond acceptors (Lipinski definition) is 3. The van der Waals surface area contributed by atoms with E-state index in [2.05, 4.69) is 11.4 Å². The molecule has 0 heterocycles. The molecule has 0 spiro atoms. The number of nitrogens with one attached hydrogen (secondary N) is 1. The van der Waals surface area contributed by atoms with Crippen LogP contribution in [0.25, 0.3) is 11.1 Å². The Labute approximate surface area is 151 Å². The second kappa shape index (κ2) is 7.45. The minimum Gasteiger partial charge on any atom is -0.322 e. The number of ketones is 1. The molecule has 126 valence electrons. The number of benzene rings is 3. The van der Waals surface area contributed by atoms with Crippen LogP contribution in [0, 0.1) is 11.3 Å². The van der Waals surface area contributed by atoms with Crippen LogP contribution in [0.5, 0.6) is 0 Å².